The van der Waals surface area contributed by atoms with E-state index >= 15 is 0 Å². The molecule has 0 saturated carbocycles. The summed E-state index contributed by atoms with van der Waals surface area (Å²) in [7, 11) is 1.66. The molecule has 1 heterocycles. The molecule has 1 atom stereocenters. The van der Waals surface area contributed by atoms with Crippen molar-refractivity contribution in [3.63, 3.8) is 0 Å². The van der Waals surface area contributed by atoms with Crippen LogP contribution in [0, 0.1) is 22.7 Å². The van der Waals surface area contributed by atoms with Crippen LogP contribution in [0.15, 0.2) is 24.3 Å². The summed E-state index contributed by atoms with van der Waals surface area (Å²) in [5.74, 6) is 0.728. The third-order valence-corrected chi connectivity index (χ3v) is 4.62. The van der Waals surface area contributed by atoms with Crippen molar-refractivity contribution in [2.45, 2.75) is 31.7 Å². The minimum Gasteiger partial charge on any atom is -0.497 e. The summed E-state index contributed by atoms with van der Waals surface area (Å²) in [5.41, 5.74) is 1.26. The number of carbonyl (C=O) groups excluding carboxylic acids is 1. The zero-order valence-electron chi connectivity index (χ0n) is 14.6. The van der Waals surface area contributed by atoms with Gasteiger partial charge in [-0.15, -0.1) is 0 Å². The molecule has 0 aromatic heterocycles. The highest BCUT2D eigenvalue weighted by molar-refractivity contribution is 5.76. The Morgan fingerprint density at radius 2 is 1.96 bits per heavy atom. The number of hydrogen-bond acceptors (Lipinski definition) is 5. The van der Waals surface area contributed by atoms with E-state index in [1.54, 1.807) is 7.11 Å². The fourth-order valence-corrected chi connectivity index (χ4v) is 3.25. The molecule has 0 radical (unpaired) electrons. The van der Waals surface area contributed by atoms with Gasteiger partial charge in [0.05, 0.1) is 19.2 Å². The molecule has 132 valence electrons. The maximum atomic E-state index is 12.2. The molecule has 6 heteroatoms. The summed E-state index contributed by atoms with van der Waals surface area (Å²) in [6.07, 6.45) is 3.57. The Morgan fingerprint density at radius 3 is 2.56 bits per heavy atom. The first-order valence-electron chi connectivity index (χ1n) is 8.56. The number of nitrogens with zero attached hydrogens (tertiary/aromatic N) is 4. The molecule has 2 rings (SSSR count). The summed E-state index contributed by atoms with van der Waals surface area (Å²) in [4.78, 5) is 15.9. The first-order chi connectivity index (χ1) is 12.2. The van der Waals surface area contributed by atoms with Crippen LogP contribution in [0.4, 0.5) is 0 Å². The van der Waals surface area contributed by atoms with Gasteiger partial charge in [-0.1, -0.05) is 12.1 Å². The predicted molar refractivity (Wildman–Crippen MR) is 93.7 cm³/mol. The van der Waals surface area contributed by atoms with E-state index in [-0.39, 0.29) is 19.0 Å². The average Bonchev–Trinajstić information content (AvgIpc) is 3.07. The first-order valence-corrected chi connectivity index (χ1v) is 8.56. The fourth-order valence-electron chi connectivity index (χ4n) is 3.25. The van der Waals surface area contributed by atoms with Gasteiger partial charge < -0.3 is 9.64 Å². The smallest absolute Gasteiger partial charge is 0.225 e. The molecule has 1 saturated heterocycles. The van der Waals surface area contributed by atoms with Gasteiger partial charge in [-0.2, -0.15) is 10.5 Å². The van der Waals surface area contributed by atoms with Gasteiger partial charge in [-0.25, -0.2) is 0 Å². The Kier molecular flexibility index (Phi) is 7.25. The second-order valence-electron chi connectivity index (χ2n) is 6.20. The molecular weight excluding hydrogens is 316 g/mol. The summed E-state index contributed by atoms with van der Waals surface area (Å²) in [5, 5.41) is 17.5. The average molecular weight is 340 g/mol. The van der Waals surface area contributed by atoms with Gasteiger partial charge >= 0.3 is 0 Å². The van der Waals surface area contributed by atoms with E-state index in [0.717, 1.165) is 31.6 Å². The van der Waals surface area contributed by atoms with Crippen LogP contribution in [0.25, 0.3) is 0 Å². The Labute approximate surface area is 149 Å². The van der Waals surface area contributed by atoms with Crippen molar-refractivity contribution in [3.05, 3.63) is 29.8 Å². The first kappa shape index (κ1) is 18.8. The third-order valence-electron chi connectivity index (χ3n) is 4.62. The second kappa shape index (κ2) is 9.66. The monoisotopic (exact) mass is 340 g/mol. The number of methoxy groups -OCH3 is 1. The van der Waals surface area contributed by atoms with Crippen LogP contribution < -0.4 is 4.74 Å². The Bertz CT molecular complexity index is 629. The maximum absolute atomic E-state index is 12.2. The summed E-state index contributed by atoms with van der Waals surface area (Å²) < 4.78 is 5.19. The highest BCUT2D eigenvalue weighted by Crippen LogP contribution is 2.22. The van der Waals surface area contributed by atoms with Crippen LogP contribution >= 0.6 is 0 Å². The van der Waals surface area contributed by atoms with Crippen LogP contribution in [-0.4, -0.2) is 55.0 Å². The number of rotatable bonds is 8. The van der Waals surface area contributed by atoms with E-state index < -0.39 is 0 Å². The highest BCUT2D eigenvalue weighted by Gasteiger charge is 2.25. The SMILES string of the molecule is COc1ccc(C[C@H]2CCCN2CCC(=O)N(CC#N)CC#N)cc1. The molecule has 1 amide bonds. The molecule has 0 aliphatic carbocycles. The van der Waals surface area contributed by atoms with Crippen molar-refractivity contribution in [2.24, 2.45) is 0 Å². The van der Waals surface area contributed by atoms with E-state index in [1.807, 2.05) is 24.3 Å². The van der Waals surface area contributed by atoms with Gasteiger partial charge in [-0.05, 0) is 43.5 Å². The molecule has 6 nitrogen and oxygen atoms in total. The lowest BCUT2D eigenvalue weighted by atomic mass is 10.0. The van der Waals surface area contributed by atoms with Gasteiger partial charge in [0.2, 0.25) is 5.91 Å². The molecule has 0 unspecified atom stereocenters. The lowest BCUT2D eigenvalue weighted by Crippen LogP contribution is -2.37. The van der Waals surface area contributed by atoms with Crippen molar-refractivity contribution in [2.75, 3.05) is 33.3 Å². The van der Waals surface area contributed by atoms with E-state index in [4.69, 9.17) is 15.3 Å². The summed E-state index contributed by atoms with van der Waals surface area (Å²) in [6.45, 7) is 1.61. The number of carbonyl (C=O) groups is 1. The minimum absolute atomic E-state index is 0.0261. The normalized spacial score (nSPS) is 16.8. The maximum Gasteiger partial charge on any atom is 0.225 e. The lowest BCUT2D eigenvalue weighted by molar-refractivity contribution is -0.130. The molecule has 1 aliphatic heterocycles. The van der Waals surface area contributed by atoms with E-state index in [2.05, 4.69) is 17.0 Å². The van der Waals surface area contributed by atoms with Crippen LogP contribution in [0.2, 0.25) is 0 Å². The number of likely N-dealkylation sites (tertiary alicyclic amines) is 1. The largest absolute Gasteiger partial charge is 0.497 e. The summed E-state index contributed by atoms with van der Waals surface area (Å²) >= 11 is 0. The Morgan fingerprint density at radius 1 is 1.28 bits per heavy atom. The molecule has 0 bridgehead atoms. The van der Waals surface area contributed by atoms with Crippen LogP contribution in [0.3, 0.4) is 0 Å². The third kappa shape index (κ3) is 5.48. The molecule has 0 N–H and O–H groups in total. The van der Waals surface area contributed by atoms with Crippen molar-refractivity contribution in [1.29, 1.82) is 10.5 Å². The number of ether oxygens (including phenoxy) is 1. The molecule has 1 aliphatic rings. The second-order valence-corrected chi connectivity index (χ2v) is 6.20. The topological polar surface area (TPSA) is 80.4 Å². The van der Waals surface area contributed by atoms with E-state index in [0.29, 0.717) is 19.0 Å². The molecule has 0 spiro atoms. The highest BCUT2D eigenvalue weighted by atomic mass is 16.5. The van der Waals surface area contributed by atoms with Gasteiger partial charge in [0.1, 0.15) is 18.8 Å². The standard InChI is InChI=1S/C19H24N4O2/c1-25-18-6-4-16(5-7-18)15-17-3-2-11-22(17)12-8-19(24)23(13-9-20)14-10-21/h4-7,17H,2-3,8,11-15H2,1H3/t17-/m1/s1. The summed E-state index contributed by atoms with van der Waals surface area (Å²) in [6, 6.07) is 12.4. The van der Waals surface area contributed by atoms with Crippen molar-refractivity contribution in [3.8, 4) is 17.9 Å². The van der Waals surface area contributed by atoms with Gasteiger partial charge in [0.15, 0.2) is 0 Å². The van der Waals surface area contributed by atoms with Gasteiger partial charge in [0, 0.05) is 19.0 Å². The minimum atomic E-state index is -0.127. The zero-order chi connectivity index (χ0) is 18.1. The number of nitriles is 2. The quantitative estimate of drug-likeness (QED) is 0.676. The number of benzene rings is 1. The Hall–Kier alpha value is -2.57. The molecule has 25 heavy (non-hydrogen) atoms. The van der Waals surface area contributed by atoms with Crippen LogP contribution in [-0.2, 0) is 11.2 Å². The number of amides is 1. The van der Waals surface area contributed by atoms with Crippen molar-refractivity contribution < 1.29 is 9.53 Å². The predicted octanol–water partition coefficient (Wildman–Crippen LogP) is 1.97. The molecular formula is C19H24N4O2. The van der Waals surface area contributed by atoms with Crippen LogP contribution in [0.5, 0.6) is 5.75 Å². The zero-order valence-corrected chi connectivity index (χ0v) is 14.6. The van der Waals surface area contributed by atoms with Crippen molar-refractivity contribution >= 4 is 5.91 Å². The molecule has 1 aromatic rings. The van der Waals surface area contributed by atoms with E-state index in [9.17, 15) is 4.79 Å². The lowest BCUT2D eigenvalue weighted by Gasteiger charge is -2.25. The Balaban J connectivity index is 1.87. The molecule has 1 aromatic carbocycles. The number of hydrogen-bond donors (Lipinski definition) is 0. The fraction of sp³-hybridized carbons (Fsp3) is 0.526. The van der Waals surface area contributed by atoms with Gasteiger partial charge in [0.25, 0.3) is 0 Å². The van der Waals surface area contributed by atoms with Crippen LogP contribution in [0.1, 0.15) is 24.8 Å². The molecule has 1 fully saturated rings. The van der Waals surface area contributed by atoms with Crippen molar-refractivity contribution in [1.82, 2.24) is 9.80 Å². The van der Waals surface area contributed by atoms with E-state index in [1.165, 1.54) is 10.5 Å². The van der Waals surface area contributed by atoms with Gasteiger partial charge in [-0.3, -0.25) is 9.69 Å².